The largest absolute Gasteiger partial charge is 0.479 e. The molecule has 6 nitrogen and oxygen atoms in total. The van der Waals surface area contributed by atoms with E-state index in [9.17, 15) is 14.7 Å². The quantitative estimate of drug-likeness (QED) is 0.914. The summed E-state index contributed by atoms with van der Waals surface area (Å²) < 4.78 is 1.53. The van der Waals surface area contributed by atoms with Crippen molar-refractivity contribution in [2.75, 3.05) is 13.1 Å². The number of carboxylic acid groups (broad SMARTS) is 1. The molecule has 0 spiro atoms. The van der Waals surface area contributed by atoms with Gasteiger partial charge in [-0.1, -0.05) is 0 Å². The van der Waals surface area contributed by atoms with Gasteiger partial charge in [0.25, 0.3) is 5.91 Å². The highest BCUT2D eigenvalue weighted by atomic mass is 32.1. The van der Waals surface area contributed by atoms with Gasteiger partial charge in [-0.3, -0.25) is 9.48 Å². The van der Waals surface area contributed by atoms with Gasteiger partial charge in [0.2, 0.25) is 0 Å². The van der Waals surface area contributed by atoms with Crippen LogP contribution in [-0.2, 0) is 23.2 Å². The van der Waals surface area contributed by atoms with E-state index in [0.29, 0.717) is 25.9 Å². The second kappa shape index (κ2) is 6.29. The van der Waals surface area contributed by atoms with Crippen LogP contribution in [0.1, 0.15) is 45.8 Å². The minimum absolute atomic E-state index is 0.0406. The number of carbonyl (C=O) groups excluding carboxylic acids is 1. The fourth-order valence-electron chi connectivity index (χ4n) is 3.89. The van der Waals surface area contributed by atoms with Gasteiger partial charge in [0, 0.05) is 43.2 Å². The highest BCUT2D eigenvalue weighted by Crippen LogP contribution is 2.33. The van der Waals surface area contributed by atoms with Gasteiger partial charge in [-0.2, -0.15) is 5.10 Å². The Morgan fingerprint density at radius 2 is 1.96 bits per heavy atom. The van der Waals surface area contributed by atoms with E-state index < -0.39 is 11.5 Å². The predicted octanol–water partition coefficient (Wildman–Crippen LogP) is 2.54. The predicted molar refractivity (Wildman–Crippen MR) is 93.9 cm³/mol. The summed E-state index contributed by atoms with van der Waals surface area (Å²) in [5.41, 5.74) is 0.280. The van der Waals surface area contributed by atoms with Gasteiger partial charge in [-0.15, -0.1) is 11.3 Å². The molecule has 0 atom stereocenters. The summed E-state index contributed by atoms with van der Waals surface area (Å²) in [5.74, 6) is -0.839. The zero-order chi connectivity index (χ0) is 17.4. The molecule has 3 heterocycles. The lowest BCUT2D eigenvalue weighted by Crippen LogP contribution is -2.52. The standard InChI is InChI=1S/C18H21N3O3S/c22-16(15-12-13-4-1-2-5-14(13)25-15)20-10-6-18(7-11-20,17(23)24)21-9-3-8-19-21/h3,8-9,12H,1-2,4-7,10-11H2,(H,23,24). The number of aromatic nitrogens is 2. The van der Waals surface area contributed by atoms with Crippen molar-refractivity contribution < 1.29 is 14.7 Å². The van der Waals surface area contributed by atoms with Gasteiger partial charge < -0.3 is 10.0 Å². The SMILES string of the molecule is O=C(c1cc2c(s1)CCCC2)N1CCC(C(=O)O)(n2cccn2)CC1. The van der Waals surface area contributed by atoms with Crippen molar-refractivity contribution >= 4 is 23.2 Å². The Morgan fingerprint density at radius 3 is 2.60 bits per heavy atom. The van der Waals surface area contributed by atoms with Crippen molar-refractivity contribution in [3.05, 3.63) is 39.8 Å². The average molecular weight is 359 g/mol. The van der Waals surface area contributed by atoms with Crippen molar-refractivity contribution in [3.63, 3.8) is 0 Å². The number of hydrogen-bond donors (Lipinski definition) is 1. The summed E-state index contributed by atoms with van der Waals surface area (Å²) in [6.45, 7) is 0.876. The van der Waals surface area contributed by atoms with Crippen molar-refractivity contribution in [1.82, 2.24) is 14.7 Å². The molecule has 1 amide bonds. The lowest BCUT2D eigenvalue weighted by Gasteiger charge is -2.38. The summed E-state index contributed by atoms with van der Waals surface area (Å²) >= 11 is 1.62. The maximum atomic E-state index is 12.9. The number of likely N-dealkylation sites (tertiary alicyclic amines) is 1. The second-order valence-electron chi connectivity index (χ2n) is 6.85. The molecule has 0 bridgehead atoms. The van der Waals surface area contributed by atoms with E-state index in [-0.39, 0.29) is 5.91 Å². The Morgan fingerprint density at radius 1 is 1.20 bits per heavy atom. The van der Waals surface area contributed by atoms with Crippen LogP contribution in [0.15, 0.2) is 24.5 Å². The van der Waals surface area contributed by atoms with Crippen molar-refractivity contribution in [2.24, 2.45) is 0 Å². The minimum Gasteiger partial charge on any atom is -0.479 e. The molecular weight excluding hydrogens is 338 g/mol. The Kier molecular flexibility index (Phi) is 4.11. The van der Waals surface area contributed by atoms with Gasteiger partial charge in [-0.25, -0.2) is 4.79 Å². The summed E-state index contributed by atoms with van der Waals surface area (Å²) in [4.78, 5) is 28.7. The van der Waals surface area contributed by atoms with E-state index in [1.54, 1.807) is 34.7 Å². The third-order valence-electron chi connectivity index (χ3n) is 5.43. The van der Waals surface area contributed by atoms with E-state index in [0.717, 1.165) is 17.7 Å². The van der Waals surface area contributed by atoms with Crippen molar-refractivity contribution in [3.8, 4) is 0 Å². The summed E-state index contributed by atoms with van der Waals surface area (Å²) in [7, 11) is 0. The number of rotatable bonds is 3. The highest BCUT2D eigenvalue weighted by molar-refractivity contribution is 7.14. The Bertz CT molecular complexity index is 765. The van der Waals surface area contributed by atoms with Gasteiger partial charge in [0.1, 0.15) is 0 Å². The molecule has 132 valence electrons. The molecule has 2 aromatic rings. The normalized spacial score (nSPS) is 19.4. The molecule has 1 saturated heterocycles. The molecule has 2 aliphatic rings. The first-order valence-corrected chi connectivity index (χ1v) is 9.56. The number of carboxylic acids is 1. The number of amides is 1. The zero-order valence-corrected chi connectivity index (χ0v) is 14.8. The molecule has 2 aromatic heterocycles. The van der Waals surface area contributed by atoms with E-state index in [2.05, 4.69) is 5.10 Å². The molecule has 1 aliphatic heterocycles. The molecule has 4 rings (SSSR count). The number of nitrogens with zero attached hydrogens (tertiary/aromatic N) is 3. The van der Waals surface area contributed by atoms with Crippen LogP contribution in [0.4, 0.5) is 0 Å². The molecule has 1 N–H and O–H groups in total. The van der Waals surface area contributed by atoms with Crippen LogP contribution in [0.2, 0.25) is 0 Å². The summed E-state index contributed by atoms with van der Waals surface area (Å²) in [6.07, 6.45) is 8.59. The van der Waals surface area contributed by atoms with Crippen molar-refractivity contribution in [1.29, 1.82) is 0 Å². The van der Waals surface area contributed by atoms with Crippen molar-refractivity contribution in [2.45, 2.75) is 44.1 Å². The smallest absolute Gasteiger partial charge is 0.331 e. The maximum absolute atomic E-state index is 12.9. The molecule has 25 heavy (non-hydrogen) atoms. The third-order valence-corrected chi connectivity index (χ3v) is 6.65. The number of hydrogen-bond acceptors (Lipinski definition) is 4. The van der Waals surface area contributed by atoms with E-state index in [1.165, 1.54) is 28.0 Å². The maximum Gasteiger partial charge on any atom is 0.331 e. The Balaban J connectivity index is 1.50. The fourth-order valence-corrected chi connectivity index (χ4v) is 5.12. The van der Waals surface area contributed by atoms with Crippen LogP contribution in [0.3, 0.4) is 0 Å². The second-order valence-corrected chi connectivity index (χ2v) is 7.98. The third kappa shape index (κ3) is 2.76. The number of thiophene rings is 1. The molecule has 7 heteroatoms. The number of piperidine rings is 1. The first-order valence-electron chi connectivity index (χ1n) is 8.74. The average Bonchev–Trinajstić information content (AvgIpc) is 3.30. The number of aliphatic carboxylic acids is 1. The van der Waals surface area contributed by atoms with Crippen LogP contribution >= 0.6 is 11.3 Å². The molecular formula is C18H21N3O3S. The highest BCUT2D eigenvalue weighted by Gasteiger charge is 2.45. The molecule has 1 aliphatic carbocycles. The lowest BCUT2D eigenvalue weighted by atomic mass is 9.87. The number of fused-ring (bicyclic) bond motifs is 1. The van der Waals surface area contributed by atoms with Gasteiger partial charge in [0.05, 0.1) is 4.88 Å². The van der Waals surface area contributed by atoms with Crippen LogP contribution in [0.5, 0.6) is 0 Å². The van der Waals surface area contributed by atoms with Gasteiger partial charge in [-0.05, 0) is 43.4 Å². The van der Waals surface area contributed by atoms with Crippen LogP contribution < -0.4 is 0 Å². The zero-order valence-electron chi connectivity index (χ0n) is 14.0. The van der Waals surface area contributed by atoms with E-state index >= 15 is 0 Å². The van der Waals surface area contributed by atoms with Crippen LogP contribution in [-0.4, -0.2) is 44.8 Å². The van der Waals surface area contributed by atoms with E-state index in [4.69, 9.17) is 0 Å². The van der Waals surface area contributed by atoms with Gasteiger partial charge >= 0.3 is 5.97 Å². The first-order chi connectivity index (χ1) is 12.1. The molecule has 1 fully saturated rings. The number of carbonyl (C=O) groups is 2. The minimum atomic E-state index is -1.05. The van der Waals surface area contributed by atoms with Crippen LogP contribution in [0, 0.1) is 0 Å². The first kappa shape index (κ1) is 16.3. The van der Waals surface area contributed by atoms with Crippen LogP contribution in [0.25, 0.3) is 0 Å². The Labute approximate surface area is 150 Å². The fraction of sp³-hybridized carbons (Fsp3) is 0.500. The lowest BCUT2D eigenvalue weighted by molar-refractivity contribution is -0.150. The number of aryl methyl sites for hydroxylation is 2. The Hall–Kier alpha value is -2.15. The monoisotopic (exact) mass is 359 g/mol. The summed E-state index contributed by atoms with van der Waals surface area (Å²) in [6, 6.07) is 3.78. The van der Waals surface area contributed by atoms with E-state index in [1.807, 2.05) is 6.07 Å². The molecule has 0 aromatic carbocycles. The molecule has 0 radical (unpaired) electrons. The summed E-state index contributed by atoms with van der Waals surface area (Å²) in [5, 5.41) is 13.9. The topological polar surface area (TPSA) is 75.4 Å². The van der Waals surface area contributed by atoms with Gasteiger partial charge in [0.15, 0.2) is 5.54 Å². The molecule has 0 saturated carbocycles. The molecule has 0 unspecified atom stereocenters.